The Morgan fingerprint density at radius 1 is 1.03 bits per heavy atom. The van der Waals surface area contributed by atoms with Gasteiger partial charge in [0.2, 0.25) is 0 Å². The van der Waals surface area contributed by atoms with Gasteiger partial charge in [-0.3, -0.25) is 9.59 Å². The van der Waals surface area contributed by atoms with Crippen molar-refractivity contribution in [3.05, 3.63) is 64.7 Å². The van der Waals surface area contributed by atoms with Gasteiger partial charge in [0, 0.05) is 31.4 Å². The first-order chi connectivity index (χ1) is 14.9. The second kappa shape index (κ2) is 9.66. The highest BCUT2D eigenvalue weighted by molar-refractivity contribution is 6.46. The van der Waals surface area contributed by atoms with Crippen LogP contribution in [0.2, 0.25) is 0 Å². The molecular formula is C24H27NO6. The number of ether oxygens (including phenoxy) is 3. The van der Waals surface area contributed by atoms with E-state index in [9.17, 15) is 14.7 Å². The molecule has 31 heavy (non-hydrogen) atoms. The maximum atomic E-state index is 13.1. The molecule has 0 bridgehead atoms. The van der Waals surface area contributed by atoms with Gasteiger partial charge in [-0.1, -0.05) is 29.8 Å². The first-order valence-electron chi connectivity index (χ1n) is 9.99. The summed E-state index contributed by atoms with van der Waals surface area (Å²) >= 11 is 0. The van der Waals surface area contributed by atoms with Crippen molar-refractivity contribution in [3.8, 4) is 11.5 Å². The van der Waals surface area contributed by atoms with Crippen LogP contribution >= 0.6 is 0 Å². The van der Waals surface area contributed by atoms with Gasteiger partial charge in [0.1, 0.15) is 17.3 Å². The van der Waals surface area contributed by atoms with Gasteiger partial charge >= 0.3 is 0 Å². The van der Waals surface area contributed by atoms with Crippen LogP contribution < -0.4 is 9.47 Å². The molecule has 2 aromatic carbocycles. The van der Waals surface area contributed by atoms with Crippen LogP contribution in [-0.4, -0.2) is 56.2 Å². The minimum Gasteiger partial charge on any atom is -0.507 e. The molecule has 1 atom stereocenters. The summed E-state index contributed by atoms with van der Waals surface area (Å²) in [5.41, 5.74) is 2.07. The Hall–Kier alpha value is -3.32. The molecule has 1 fully saturated rings. The van der Waals surface area contributed by atoms with Gasteiger partial charge in [0.15, 0.2) is 0 Å². The van der Waals surface area contributed by atoms with Crippen molar-refractivity contribution < 1.29 is 28.9 Å². The van der Waals surface area contributed by atoms with Crippen molar-refractivity contribution in [2.45, 2.75) is 19.4 Å². The zero-order valence-electron chi connectivity index (χ0n) is 18.2. The van der Waals surface area contributed by atoms with Crippen LogP contribution in [0.25, 0.3) is 5.76 Å². The quantitative estimate of drug-likeness (QED) is 0.302. The number of aryl methyl sites for hydroxylation is 1. The molecule has 7 heteroatoms. The van der Waals surface area contributed by atoms with Crippen LogP contribution in [0, 0.1) is 6.92 Å². The lowest BCUT2D eigenvalue weighted by Crippen LogP contribution is -2.31. The predicted molar refractivity (Wildman–Crippen MR) is 116 cm³/mol. The number of rotatable bonds is 8. The maximum Gasteiger partial charge on any atom is 0.295 e. The molecule has 1 aliphatic rings. The maximum absolute atomic E-state index is 13.1. The minimum atomic E-state index is -0.816. The van der Waals surface area contributed by atoms with Crippen LogP contribution in [-0.2, 0) is 14.3 Å². The number of carbonyl (C=O) groups is 2. The van der Waals surface area contributed by atoms with Crippen LogP contribution in [0.15, 0.2) is 48.0 Å². The number of ketones is 1. The van der Waals surface area contributed by atoms with Crippen molar-refractivity contribution in [2.24, 2.45) is 0 Å². The van der Waals surface area contributed by atoms with E-state index in [1.165, 1.54) is 19.1 Å². The Morgan fingerprint density at radius 3 is 2.35 bits per heavy atom. The van der Waals surface area contributed by atoms with Gasteiger partial charge in [-0.05, 0) is 31.5 Å². The number of carbonyl (C=O) groups excluding carboxylic acids is 2. The van der Waals surface area contributed by atoms with Gasteiger partial charge in [0.25, 0.3) is 11.7 Å². The summed E-state index contributed by atoms with van der Waals surface area (Å²) in [6.07, 6.45) is 0.539. The topological polar surface area (TPSA) is 85.3 Å². The Labute approximate surface area is 181 Å². The van der Waals surface area contributed by atoms with Gasteiger partial charge in [-0.2, -0.15) is 0 Å². The first-order valence-corrected chi connectivity index (χ1v) is 9.99. The second-order valence-corrected chi connectivity index (χ2v) is 7.31. The molecule has 1 aliphatic heterocycles. The number of methoxy groups -OCH3 is 3. The molecular weight excluding hydrogens is 398 g/mol. The van der Waals surface area contributed by atoms with Gasteiger partial charge in [-0.25, -0.2) is 0 Å². The summed E-state index contributed by atoms with van der Waals surface area (Å²) in [5, 5.41) is 11.1. The molecule has 2 aromatic rings. The fourth-order valence-electron chi connectivity index (χ4n) is 3.73. The highest BCUT2D eigenvalue weighted by Crippen LogP contribution is 2.43. The SMILES string of the molecule is COCCCN1C(=O)C(=O)C(=C(O)c2ccc(C)cc2)[C@@H]1c1cc(OC)ccc1OC. The molecule has 164 valence electrons. The number of amides is 1. The Balaban J connectivity index is 2.21. The van der Waals surface area contributed by atoms with Crippen LogP contribution in [0.4, 0.5) is 0 Å². The summed E-state index contributed by atoms with van der Waals surface area (Å²) in [6, 6.07) is 11.5. The van der Waals surface area contributed by atoms with E-state index in [0.29, 0.717) is 35.7 Å². The smallest absolute Gasteiger partial charge is 0.295 e. The van der Waals surface area contributed by atoms with E-state index in [4.69, 9.17) is 14.2 Å². The molecule has 0 radical (unpaired) electrons. The van der Waals surface area contributed by atoms with E-state index in [0.717, 1.165) is 5.56 Å². The molecule has 0 aliphatic carbocycles. The molecule has 1 saturated heterocycles. The van der Waals surface area contributed by atoms with Crippen LogP contribution in [0.5, 0.6) is 11.5 Å². The number of aliphatic hydroxyl groups excluding tert-OH is 1. The fraction of sp³-hybridized carbons (Fsp3) is 0.333. The third-order valence-electron chi connectivity index (χ3n) is 5.34. The zero-order valence-corrected chi connectivity index (χ0v) is 18.2. The number of benzene rings is 2. The van der Waals surface area contributed by atoms with E-state index in [-0.39, 0.29) is 17.9 Å². The predicted octanol–water partition coefficient (Wildman–Crippen LogP) is 3.47. The molecule has 7 nitrogen and oxygen atoms in total. The van der Waals surface area contributed by atoms with Crippen molar-refractivity contribution >= 4 is 17.4 Å². The largest absolute Gasteiger partial charge is 0.507 e. The monoisotopic (exact) mass is 425 g/mol. The molecule has 0 aromatic heterocycles. The lowest BCUT2D eigenvalue weighted by Gasteiger charge is -2.27. The summed E-state index contributed by atoms with van der Waals surface area (Å²) in [4.78, 5) is 27.5. The molecule has 0 unspecified atom stereocenters. The Morgan fingerprint density at radius 2 is 1.74 bits per heavy atom. The molecule has 1 heterocycles. The van der Waals surface area contributed by atoms with E-state index in [2.05, 4.69) is 0 Å². The molecule has 0 spiro atoms. The Bertz CT molecular complexity index is 996. The van der Waals surface area contributed by atoms with Gasteiger partial charge in [0.05, 0.1) is 25.8 Å². The molecule has 1 N–H and O–H groups in total. The van der Waals surface area contributed by atoms with Crippen LogP contribution in [0.1, 0.15) is 29.2 Å². The lowest BCUT2D eigenvalue weighted by atomic mass is 9.94. The molecule has 0 saturated carbocycles. The normalized spacial score (nSPS) is 17.8. The third-order valence-corrected chi connectivity index (χ3v) is 5.34. The van der Waals surface area contributed by atoms with Crippen LogP contribution in [0.3, 0.4) is 0 Å². The van der Waals surface area contributed by atoms with Gasteiger partial charge < -0.3 is 24.2 Å². The number of hydrogen-bond donors (Lipinski definition) is 1. The highest BCUT2D eigenvalue weighted by atomic mass is 16.5. The third kappa shape index (κ3) is 4.41. The van der Waals surface area contributed by atoms with Crippen molar-refractivity contribution in [2.75, 3.05) is 34.5 Å². The minimum absolute atomic E-state index is 0.0258. The molecule has 1 amide bonds. The van der Waals surface area contributed by atoms with E-state index < -0.39 is 17.7 Å². The fourth-order valence-corrected chi connectivity index (χ4v) is 3.73. The van der Waals surface area contributed by atoms with Crippen molar-refractivity contribution in [1.82, 2.24) is 4.90 Å². The summed E-state index contributed by atoms with van der Waals surface area (Å²) in [6.45, 7) is 2.65. The second-order valence-electron chi connectivity index (χ2n) is 7.31. The highest BCUT2D eigenvalue weighted by Gasteiger charge is 2.47. The average Bonchev–Trinajstić information content (AvgIpc) is 3.03. The average molecular weight is 425 g/mol. The molecule has 3 rings (SSSR count). The number of aliphatic hydroxyl groups is 1. The van der Waals surface area contributed by atoms with Crippen molar-refractivity contribution in [1.29, 1.82) is 0 Å². The lowest BCUT2D eigenvalue weighted by molar-refractivity contribution is -0.140. The number of nitrogens with zero attached hydrogens (tertiary/aromatic N) is 1. The van der Waals surface area contributed by atoms with Gasteiger partial charge in [-0.15, -0.1) is 0 Å². The van der Waals surface area contributed by atoms with Crippen molar-refractivity contribution in [3.63, 3.8) is 0 Å². The number of Topliss-reactive ketones (excluding diaryl/α,β-unsaturated/α-hetero) is 1. The number of likely N-dealkylation sites (tertiary alicyclic amines) is 1. The zero-order chi connectivity index (χ0) is 22.5. The first kappa shape index (κ1) is 22.4. The summed E-state index contributed by atoms with van der Waals surface area (Å²) in [5.74, 6) is -0.583. The summed E-state index contributed by atoms with van der Waals surface area (Å²) in [7, 11) is 4.63. The Kier molecular flexibility index (Phi) is 6.97. The van der Waals surface area contributed by atoms with E-state index in [1.54, 1.807) is 37.4 Å². The van der Waals surface area contributed by atoms with E-state index in [1.807, 2.05) is 19.1 Å². The standard InChI is InChI=1S/C24H27NO6/c1-15-6-8-16(9-7-15)22(26)20-21(18-14-17(30-3)10-11-19(18)31-4)25(12-5-13-29-2)24(28)23(20)27/h6-11,14,21,26H,5,12-13H2,1-4H3/t21-/m0/s1. The summed E-state index contributed by atoms with van der Waals surface area (Å²) < 4.78 is 16.0. The number of hydrogen-bond acceptors (Lipinski definition) is 6. The van der Waals surface area contributed by atoms with E-state index >= 15 is 0 Å².